The number of urea groups is 1. The lowest BCUT2D eigenvalue weighted by Crippen LogP contribution is -2.33. The molecule has 3 N–H and O–H groups in total. The van der Waals surface area contributed by atoms with E-state index in [1.165, 1.54) is 16.7 Å². The highest BCUT2D eigenvalue weighted by Gasteiger charge is 2.22. The summed E-state index contributed by atoms with van der Waals surface area (Å²) in [5.74, 6) is -0.163. The van der Waals surface area contributed by atoms with Gasteiger partial charge < -0.3 is 25.6 Å². The highest BCUT2D eigenvalue weighted by Crippen LogP contribution is 2.30. The highest BCUT2D eigenvalue weighted by atomic mass is 16.5. The van der Waals surface area contributed by atoms with Gasteiger partial charge in [-0.15, -0.1) is 0 Å². The van der Waals surface area contributed by atoms with E-state index < -0.39 is 0 Å². The van der Waals surface area contributed by atoms with Gasteiger partial charge in [-0.2, -0.15) is 0 Å². The molecule has 4 rings (SSSR count). The van der Waals surface area contributed by atoms with Gasteiger partial charge in [-0.3, -0.25) is 4.79 Å². The van der Waals surface area contributed by atoms with Crippen molar-refractivity contribution in [2.24, 2.45) is 0 Å². The second-order valence-corrected chi connectivity index (χ2v) is 9.36. The first kappa shape index (κ1) is 26.2. The van der Waals surface area contributed by atoms with Crippen molar-refractivity contribution in [1.82, 2.24) is 5.32 Å². The third-order valence-corrected chi connectivity index (χ3v) is 6.69. The Morgan fingerprint density at radius 1 is 0.919 bits per heavy atom. The van der Waals surface area contributed by atoms with E-state index in [9.17, 15) is 9.59 Å². The van der Waals surface area contributed by atoms with Crippen LogP contribution in [0.1, 0.15) is 46.0 Å². The lowest BCUT2D eigenvalue weighted by atomic mass is 9.98. The summed E-state index contributed by atoms with van der Waals surface area (Å²) in [6.07, 6.45) is 1.66. The van der Waals surface area contributed by atoms with E-state index in [0.717, 1.165) is 42.9 Å². The van der Waals surface area contributed by atoms with Crippen molar-refractivity contribution in [2.75, 3.05) is 41.8 Å². The molecule has 0 fully saturated rings. The fourth-order valence-corrected chi connectivity index (χ4v) is 4.50. The Morgan fingerprint density at radius 2 is 1.65 bits per heavy atom. The SMILES string of the molecule is CCOCCCNC(=O)c1cc(NC(=O)Nc2ccc(C)c(C)c2)ccc1N1CCc2ccccc2C1. The Morgan fingerprint density at radius 3 is 2.41 bits per heavy atom. The van der Waals surface area contributed by atoms with Crippen LogP contribution in [0.3, 0.4) is 0 Å². The van der Waals surface area contributed by atoms with Gasteiger partial charge in [-0.25, -0.2) is 4.79 Å². The maximum Gasteiger partial charge on any atom is 0.323 e. The molecule has 0 saturated heterocycles. The number of anilines is 3. The van der Waals surface area contributed by atoms with Crippen LogP contribution in [-0.4, -0.2) is 38.2 Å². The number of carbonyl (C=O) groups is 2. The molecule has 0 aromatic heterocycles. The van der Waals surface area contributed by atoms with Crippen LogP contribution in [0, 0.1) is 13.8 Å². The van der Waals surface area contributed by atoms with E-state index in [4.69, 9.17) is 4.74 Å². The molecule has 1 aliphatic heterocycles. The predicted molar refractivity (Wildman–Crippen MR) is 150 cm³/mol. The summed E-state index contributed by atoms with van der Waals surface area (Å²) in [7, 11) is 0. The van der Waals surface area contributed by atoms with Crippen LogP contribution >= 0.6 is 0 Å². The largest absolute Gasteiger partial charge is 0.382 e. The van der Waals surface area contributed by atoms with Gasteiger partial charge >= 0.3 is 6.03 Å². The number of hydrogen-bond acceptors (Lipinski definition) is 4. The fourth-order valence-electron chi connectivity index (χ4n) is 4.50. The number of rotatable bonds is 9. The van der Waals surface area contributed by atoms with Gasteiger partial charge in [-0.1, -0.05) is 30.3 Å². The summed E-state index contributed by atoms with van der Waals surface area (Å²) in [5.41, 5.74) is 7.57. The average Bonchev–Trinajstić information content (AvgIpc) is 2.90. The second-order valence-electron chi connectivity index (χ2n) is 9.36. The molecule has 0 aliphatic carbocycles. The minimum absolute atomic E-state index is 0.163. The van der Waals surface area contributed by atoms with Gasteiger partial charge in [0.25, 0.3) is 5.91 Å². The van der Waals surface area contributed by atoms with E-state index >= 15 is 0 Å². The fraction of sp³-hybridized carbons (Fsp3) is 0.333. The normalized spacial score (nSPS) is 12.6. The monoisotopic (exact) mass is 500 g/mol. The zero-order valence-corrected chi connectivity index (χ0v) is 21.9. The highest BCUT2D eigenvalue weighted by molar-refractivity contribution is 6.04. The number of ether oxygens (including phenoxy) is 1. The van der Waals surface area contributed by atoms with Crippen LogP contribution in [-0.2, 0) is 17.7 Å². The molecular formula is C30H36N4O3. The third kappa shape index (κ3) is 6.89. The Labute approximate surface area is 219 Å². The molecular weight excluding hydrogens is 464 g/mol. The second kappa shape index (κ2) is 12.4. The Balaban J connectivity index is 1.52. The molecule has 3 aromatic carbocycles. The van der Waals surface area contributed by atoms with Crippen molar-refractivity contribution < 1.29 is 14.3 Å². The van der Waals surface area contributed by atoms with E-state index in [0.29, 0.717) is 31.0 Å². The van der Waals surface area contributed by atoms with E-state index in [-0.39, 0.29) is 11.9 Å². The first-order valence-electron chi connectivity index (χ1n) is 12.9. The van der Waals surface area contributed by atoms with Gasteiger partial charge in [0.05, 0.1) is 5.56 Å². The summed E-state index contributed by atoms with van der Waals surface area (Å²) >= 11 is 0. The summed E-state index contributed by atoms with van der Waals surface area (Å²) in [4.78, 5) is 28.2. The molecule has 194 valence electrons. The van der Waals surface area contributed by atoms with Crippen LogP contribution < -0.4 is 20.9 Å². The molecule has 0 spiro atoms. The Bertz CT molecular complexity index is 1260. The molecule has 3 aromatic rings. The molecule has 0 bridgehead atoms. The van der Waals surface area contributed by atoms with Crippen LogP contribution in [0.15, 0.2) is 60.7 Å². The van der Waals surface area contributed by atoms with Crippen molar-refractivity contribution in [3.63, 3.8) is 0 Å². The van der Waals surface area contributed by atoms with Crippen molar-refractivity contribution in [3.8, 4) is 0 Å². The number of hydrogen-bond donors (Lipinski definition) is 3. The first-order chi connectivity index (χ1) is 17.9. The molecule has 3 amide bonds. The Kier molecular flexibility index (Phi) is 8.80. The van der Waals surface area contributed by atoms with Crippen LogP contribution in [0.25, 0.3) is 0 Å². The average molecular weight is 501 g/mol. The number of aryl methyl sites for hydroxylation is 2. The minimum atomic E-state index is -0.356. The van der Waals surface area contributed by atoms with Crippen LogP contribution in [0.2, 0.25) is 0 Å². The standard InChI is InChI=1S/C30H36N4O3/c1-4-37-17-7-15-31-29(35)27-19-26(33-30(36)32-25-11-10-21(2)22(3)18-25)12-13-28(27)34-16-14-23-8-5-6-9-24(23)20-34/h5-6,8-13,18-19H,4,7,14-17,20H2,1-3H3,(H,31,35)(H2,32,33,36). The molecule has 0 saturated carbocycles. The maximum absolute atomic E-state index is 13.3. The number of fused-ring (bicyclic) bond motifs is 1. The summed E-state index contributed by atoms with van der Waals surface area (Å²) < 4.78 is 5.38. The molecule has 1 heterocycles. The van der Waals surface area contributed by atoms with Gasteiger partial charge in [0.1, 0.15) is 0 Å². The van der Waals surface area contributed by atoms with Crippen molar-refractivity contribution in [3.05, 3.63) is 88.5 Å². The lowest BCUT2D eigenvalue weighted by Gasteiger charge is -2.32. The van der Waals surface area contributed by atoms with Crippen molar-refractivity contribution in [1.29, 1.82) is 0 Å². The van der Waals surface area contributed by atoms with Crippen LogP contribution in [0.4, 0.5) is 21.9 Å². The molecule has 1 aliphatic rings. The Hall–Kier alpha value is -3.84. The topological polar surface area (TPSA) is 82.7 Å². The smallest absolute Gasteiger partial charge is 0.323 e. The van der Waals surface area contributed by atoms with Gasteiger partial charge in [0.15, 0.2) is 0 Å². The van der Waals surface area contributed by atoms with Crippen LogP contribution in [0.5, 0.6) is 0 Å². The predicted octanol–water partition coefficient (Wildman–Crippen LogP) is 5.67. The quantitative estimate of drug-likeness (QED) is 0.331. The number of benzene rings is 3. The third-order valence-electron chi connectivity index (χ3n) is 6.69. The lowest BCUT2D eigenvalue weighted by molar-refractivity contribution is 0.0944. The number of carbonyl (C=O) groups excluding carboxylic acids is 2. The maximum atomic E-state index is 13.3. The molecule has 0 atom stereocenters. The number of nitrogens with zero attached hydrogens (tertiary/aromatic N) is 1. The molecule has 0 radical (unpaired) electrons. The molecule has 7 heteroatoms. The molecule has 7 nitrogen and oxygen atoms in total. The van der Waals surface area contributed by atoms with Gasteiger partial charge in [-0.05, 0) is 86.2 Å². The minimum Gasteiger partial charge on any atom is -0.382 e. The van der Waals surface area contributed by atoms with Crippen molar-refractivity contribution >= 4 is 29.0 Å². The number of nitrogens with one attached hydrogen (secondary N) is 3. The first-order valence-corrected chi connectivity index (χ1v) is 12.9. The number of amides is 3. The zero-order chi connectivity index (χ0) is 26.2. The summed E-state index contributed by atoms with van der Waals surface area (Å²) in [5, 5.41) is 8.77. The summed E-state index contributed by atoms with van der Waals surface area (Å²) in [6.45, 7) is 9.34. The zero-order valence-electron chi connectivity index (χ0n) is 21.9. The molecule has 37 heavy (non-hydrogen) atoms. The van der Waals surface area contributed by atoms with Crippen molar-refractivity contribution in [2.45, 2.75) is 40.2 Å². The van der Waals surface area contributed by atoms with E-state index in [1.54, 1.807) is 6.07 Å². The molecule has 0 unspecified atom stereocenters. The summed E-state index contributed by atoms with van der Waals surface area (Å²) in [6, 6.07) is 19.4. The van der Waals surface area contributed by atoms with Gasteiger partial charge in [0.2, 0.25) is 0 Å². The van der Waals surface area contributed by atoms with E-state index in [2.05, 4.69) is 45.1 Å². The van der Waals surface area contributed by atoms with Gasteiger partial charge in [0, 0.05) is 49.9 Å². The van der Waals surface area contributed by atoms with E-state index in [1.807, 2.05) is 51.1 Å².